The fourth-order valence-electron chi connectivity index (χ4n) is 5.18. The summed E-state index contributed by atoms with van der Waals surface area (Å²) in [6, 6.07) is 5.76. The number of quaternary nitrogens is 1. The molecule has 0 saturated carbocycles. The number of fused-ring (bicyclic) bond motifs is 2. The molecule has 4 heterocycles. The molecule has 2 aliphatic heterocycles. The molecule has 0 aromatic carbocycles. The maximum atomic E-state index is 11.7. The standard InChI is InChI=1S/C20H28NOS2.BrH/c1-21(2)18-4-3-5-19(21)11-15(10-18)12-20(22,16-6-8-23-13-16)17-7-9-24-14-17;/h6-9,13-15,18-19,22H,3-5,10-12H2,1-2H3;1H/q+1;/p-1/t15?,18-,19+;. The van der Waals surface area contributed by atoms with E-state index in [1.165, 1.54) is 36.6 Å². The molecule has 2 nitrogen and oxygen atoms in total. The van der Waals surface area contributed by atoms with Crippen LogP contribution in [0.2, 0.25) is 0 Å². The third-order valence-corrected chi connectivity index (χ3v) is 8.12. The molecule has 0 spiro atoms. The minimum Gasteiger partial charge on any atom is -1.00 e. The van der Waals surface area contributed by atoms with Crippen molar-refractivity contribution in [1.29, 1.82) is 0 Å². The maximum absolute atomic E-state index is 11.7. The molecule has 25 heavy (non-hydrogen) atoms. The Morgan fingerprint density at radius 1 is 1.04 bits per heavy atom. The first-order chi connectivity index (χ1) is 11.5. The minimum absolute atomic E-state index is 0. The third-order valence-electron chi connectivity index (χ3n) is 6.75. The quantitative estimate of drug-likeness (QED) is 0.717. The smallest absolute Gasteiger partial charge is 0.116 e. The molecule has 2 aromatic rings. The second kappa shape index (κ2) is 7.43. The van der Waals surface area contributed by atoms with Crippen LogP contribution in [0.25, 0.3) is 0 Å². The largest absolute Gasteiger partial charge is 1.00 e. The Labute approximate surface area is 169 Å². The molecule has 5 heteroatoms. The van der Waals surface area contributed by atoms with E-state index in [1.807, 2.05) is 0 Å². The van der Waals surface area contributed by atoms with Gasteiger partial charge in [-0.05, 0) is 76.4 Å². The summed E-state index contributed by atoms with van der Waals surface area (Å²) in [5, 5.41) is 20.1. The molecule has 2 saturated heterocycles. The number of hydrogen-bond donors (Lipinski definition) is 1. The predicted octanol–water partition coefficient (Wildman–Crippen LogP) is 1.85. The van der Waals surface area contributed by atoms with Crippen molar-refractivity contribution in [2.45, 2.75) is 56.2 Å². The molecule has 1 unspecified atom stereocenters. The van der Waals surface area contributed by atoms with E-state index in [4.69, 9.17) is 0 Å². The number of aliphatic hydroxyl groups is 1. The highest BCUT2D eigenvalue weighted by molar-refractivity contribution is 7.08. The Hall–Kier alpha value is -0.200. The van der Waals surface area contributed by atoms with Gasteiger partial charge in [-0.25, -0.2) is 0 Å². The van der Waals surface area contributed by atoms with Crippen LogP contribution >= 0.6 is 22.7 Å². The van der Waals surface area contributed by atoms with E-state index in [9.17, 15) is 5.11 Å². The Morgan fingerprint density at radius 3 is 2.00 bits per heavy atom. The monoisotopic (exact) mass is 441 g/mol. The predicted molar refractivity (Wildman–Crippen MR) is 103 cm³/mol. The highest BCUT2D eigenvalue weighted by Crippen LogP contribution is 2.46. The maximum Gasteiger partial charge on any atom is 0.116 e. The van der Waals surface area contributed by atoms with E-state index < -0.39 is 5.60 Å². The average molecular weight is 442 g/mol. The first-order valence-electron chi connectivity index (χ1n) is 9.11. The summed E-state index contributed by atoms with van der Waals surface area (Å²) in [6.45, 7) is 0. The second-order valence-corrected chi connectivity index (χ2v) is 9.85. The van der Waals surface area contributed by atoms with E-state index in [0.717, 1.165) is 29.6 Å². The van der Waals surface area contributed by atoms with Crippen molar-refractivity contribution < 1.29 is 26.6 Å². The zero-order chi connectivity index (χ0) is 16.8. The van der Waals surface area contributed by atoms with Gasteiger partial charge in [0.05, 0.1) is 26.2 Å². The van der Waals surface area contributed by atoms with Gasteiger partial charge in [0.1, 0.15) is 5.60 Å². The van der Waals surface area contributed by atoms with Crippen LogP contribution in [-0.4, -0.2) is 35.8 Å². The van der Waals surface area contributed by atoms with Gasteiger partial charge in [-0.1, -0.05) is 0 Å². The van der Waals surface area contributed by atoms with E-state index in [0.29, 0.717) is 5.92 Å². The summed E-state index contributed by atoms with van der Waals surface area (Å²) in [7, 11) is 4.85. The van der Waals surface area contributed by atoms with Gasteiger partial charge in [0.15, 0.2) is 0 Å². The Balaban J connectivity index is 0.00000182. The van der Waals surface area contributed by atoms with Gasteiger partial charge < -0.3 is 26.6 Å². The molecule has 3 atom stereocenters. The molecular weight excluding hydrogens is 414 g/mol. The summed E-state index contributed by atoms with van der Waals surface area (Å²) in [4.78, 5) is 0. The first-order valence-corrected chi connectivity index (χ1v) is 11.0. The lowest BCUT2D eigenvalue weighted by molar-refractivity contribution is -0.950. The third kappa shape index (κ3) is 3.51. The average Bonchev–Trinajstić information content (AvgIpc) is 3.22. The molecule has 138 valence electrons. The second-order valence-electron chi connectivity index (χ2n) is 8.29. The highest BCUT2D eigenvalue weighted by atomic mass is 79.9. The molecule has 1 N–H and O–H groups in total. The van der Waals surface area contributed by atoms with Gasteiger partial charge in [-0.2, -0.15) is 22.7 Å². The lowest BCUT2D eigenvalue weighted by atomic mass is 9.71. The van der Waals surface area contributed by atoms with Crippen molar-refractivity contribution in [2.75, 3.05) is 14.1 Å². The van der Waals surface area contributed by atoms with Crippen molar-refractivity contribution >= 4 is 22.7 Å². The molecule has 0 radical (unpaired) electrons. The van der Waals surface area contributed by atoms with Crippen molar-refractivity contribution in [3.63, 3.8) is 0 Å². The van der Waals surface area contributed by atoms with Crippen LogP contribution in [0.15, 0.2) is 33.7 Å². The number of piperidine rings is 2. The first kappa shape index (κ1) is 19.6. The number of rotatable bonds is 4. The molecule has 2 fully saturated rings. The molecule has 2 bridgehead atoms. The number of hydrogen-bond acceptors (Lipinski definition) is 3. The zero-order valence-corrected chi connectivity index (χ0v) is 18.2. The van der Waals surface area contributed by atoms with Crippen LogP contribution in [0, 0.1) is 5.92 Å². The van der Waals surface area contributed by atoms with E-state index in [-0.39, 0.29) is 17.0 Å². The van der Waals surface area contributed by atoms with Gasteiger partial charge in [-0.15, -0.1) is 0 Å². The minimum atomic E-state index is -0.812. The lowest BCUT2D eigenvalue weighted by Crippen LogP contribution is -3.00. The van der Waals surface area contributed by atoms with Gasteiger partial charge in [-0.3, -0.25) is 0 Å². The van der Waals surface area contributed by atoms with Crippen LogP contribution < -0.4 is 17.0 Å². The zero-order valence-electron chi connectivity index (χ0n) is 15.0. The lowest BCUT2D eigenvalue weighted by Gasteiger charge is -2.54. The molecule has 0 amide bonds. The number of halogens is 1. The van der Waals surface area contributed by atoms with Gasteiger partial charge in [0.25, 0.3) is 0 Å². The van der Waals surface area contributed by atoms with Crippen LogP contribution in [0.5, 0.6) is 0 Å². The van der Waals surface area contributed by atoms with Crippen LogP contribution in [0.1, 0.15) is 49.7 Å². The normalized spacial score (nSPS) is 28.4. The van der Waals surface area contributed by atoms with Crippen LogP contribution in [0.3, 0.4) is 0 Å². The summed E-state index contributed by atoms with van der Waals surface area (Å²) in [5.74, 6) is 0.622. The van der Waals surface area contributed by atoms with Gasteiger partial charge >= 0.3 is 0 Å². The van der Waals surface area contributed by atoms with Crippen molar-refractivity contribution in [3.8, 4) is 0 Å². The number of thiophene rings is 2. The van der Waals surface area contributed by atoms with Crippen molar-refractivity contribution in [1.82, 2.24) is 0 Å². The van der Waals surface area contributed by atoms with Crippen molar-refractivity contribution in [2.24, 2.45) is 5.92 Å². The highest BCUT2D eigenvalue weighted by Gasteiger charge is 2.48. The van der Waals surface area contributed by atoms with Crippen LogP contribution in [0.4, 0.5) is 0 Å². The fourth-order valence-corrected chi connectivity index (χ4v) is 6.63. The summed E-state index contributed by atoms with van der Waals surface area (Å²) < 4.78 is 1.20. The summed E-state index contributed by atoms with van der Waals surface area (Å²) in [6.07, 6.45) is 7.50. The molecule has 0 aliphatic carbocycles. The van der Waals surface area contributed by atoms with Crippen molar-refractivity contribution in [3.05, 3.63) is 44.8 Å². The van der Waals surface area contributed by atoms with E-state index in [1.54, 1.807) is 22.7 Å². The molecule has 4 rings (SSSR count). The molecule has 2 aliphatic rings. The SMILES string of the molecule is C[N+]1(C)[C@@H]2CCC[C@H]1CC(CC(O)(c1ccsc1)c1ccsc1)C2.[Br-]. The Bertz CT molecular complexity index is 618. The summed E-state index contributed by atoms with van der Waals surface area (Å²) in [5.41, 5.74) is 1.35. The summed E-state index contributed by atoms with van der Waals surface area (Å²) >= 11 is 3.37. The molecular formula is C20H28BrNOS2. The molecule has 2 aromatic heterocycles. The van der Waals surface area contributed by atoms with E-state index in [2.05, 4.69) is 47.7 Å². The van der Waals surface area contributed by atoms with E-state index >= 15 is 0 Å². The topological polar surface area (TPSA) is 20.2 Å². The van der Waals surface area contributed by atoms with Crippen LogP contribution in [-0.2, 0) is 5.60 Å². The Kier molecular flexibility index (Phi) is 5.81. The fraction of sp³-hybridized carbons (Fsp3) is 0.600. The number of nitrogens with zero attached hydrogens (tertiary/aromatic N) is 1. The Morgan fingerprint density at radius 2 is 1.56 bits per heavy atom. The van der Waals surface area contributed by atoms with Gasteiger partial charge in [0.2, 0.25) is 0 Å². The van der Waals surface area contributed by atoms with Gasteiger partial charge in [0, 0.05) is 12.8 Å².